The first kappa shape index (κ1) is 13.5. The van der Waals surface area contributed by atoms with Crippen LogP contribution in [0.3, 0.4) is 0 Å². The number of carboxylic acids is 1. The number of aryl methyl sites for hydroxylation is 1. The van der Waals surface area contributed by atoms with Crippen molar-refractivity contribution in [3.63, 3.8) is 0 Å². The Bertz CT molecular complexity index is 781. The predicted octanol–water partition coefficient (Wildman–Crippen LogP) is 3.70. The molecule has 106 valence electrons. The number of hydrogen-bond donors (Lipinski definition) is 2. The van der Waals surface area contributed by atoms with E-state index in [1.54, 1.807) is 6.07 Å². The Morgan fingerprint density at radius 1 is 1.29 bits per heavy atom. The second kappa shape index (κ2) is 5.49. The molecule has 1 aromatic carbocycles. The van der Waals surface area contributed by atoms with Gasteiger partial charge in [0.15, 0.2) is 5.13 Å². The first-order chi connectivity index (χ1) is 10.2. The van der Waals surface area contributed by atoms with E-state index < -0.39 is 5.97 Å². The van der Waals surface area contributed by atoms with Gasteiger partial charge < -0.3 is 10.4 Å². The number of anilines is 2. The van der Waals surface area contributed by atoms with Crippen molar-refractivity contribution >= 4 is 38.5 Å². The number of carbonyl (C=O) groups is 1. The molecule has 3 rings (SSSR count). The average molecular weight is 299 g/mol. The number of rotatable bonds is 4. The summed E-state index contributed by atoms with van der Waals surface area (Å²) in [6.07, 6.45) is 0.676. The van der Waals surface area contributed by atoms with Crippen molar-refractivity contribution in [3.05, 3.63) is 47.7 Å². The molecule has 0 amide bonds. The molecule has 6 heteroatoms. The number of fused-ring (bicyclic) bond motifs is 1. The molecule has 0 saturated heterocycles. The van der Waals surface area contributed by atoms with E-state index in [2.05, 4.69) is 15.3 Å². The van der Waals surface area contributed by atoms with E-state index in [0.717, 1.165) is 15.9 Å². The number of aromatic nitrogens is 2. The minimum Gasteiger partial charge on any atom is -0.478 e. The summed E-state index contributed by atoms with van der Waals surface area (Å²) in [6, 6.07) is 10.9. The molecule has 2 heterocycles. The standard InChI is InChI=1S/C15H13N3O2S/c1-2-10-7-9(14(19)20)8-13(16-10)18-15-17-11-5-3-4-6-12(11)21-15/h3-8H,2H2,1H3,(H,19,20)(H,16,17,18). The third-order valence-electron chi connectivity index (χ3n) is 3.02. The van der Waals surface area contributed by atoms with Gasteiger partial charge in [0.2, 0.25) is 0 Å². The molecule has 3 aromatic rings. The number of aromatic carboxylic acids is 1. The number of benzene rings is 1. The number of thiazole rings is 1. The predicted molar refractivity (Wildman–Crippen MR) is 83.5 cm³/mol. The lowest BCUT2D eigenvalue weighted by atomic mass is 10.2. The van der Waals surface area contributed by atoms with Crippen LogP contribution >= 0.6 is 11.3 Å². The minimum atomic E-state index is -0.959. The monoisotopic (exact) mass is 299 g/mol. The number of hydrogen-bond acceptors (Lipinski definition) is 5. The number of nitrogens with zero attached hydrogens (tertiary/aromatic N) is 2. The Morgan fingerprint density at radius 2 is 2.10 bits per heavy atom. The molecule has 2 aromatic heterocycles. The highest BCUT2D eigenvalue weighted by Gasteiger charge is 2.10. The van der Waals surface area contributed by atoms with Gasteiger partial charge in [-0.1, -0.05) is 30.4 Å². The van der Waals surface area contributed by atoms with Gasteiger partial charge in [0.1, 0.15) is 5.82 Å². The van der Waals surface area contributed by atoms with Crippen LogP contribution in [0.2, 0.25) is 0 Å². The fraction of sp³-hybridized carbons (Fsp3) is 0.133. The van der Waals surface area contributed by atoms with Crippen LogP contribution in [0.4, 0.5) is 10.9 Å². The number of para-hydroxylation sites is 1. The van der Waals surface area contributed by atoms with Crippen molar-refractivity contribution < 1.29 is 9.90 Å². The molecular weight excluding hydrogens is 286 g/mol. The summed E-state index contributed by atoms with van der Waals surface area (Å²) in [4.78, 5) is 20.0. The van der Waals surface area contributed by atoms with Gasteiger partial charge in [-0.15, -0.1) is 0 Å². The van der Waals surface area contributed by atoms with Gasteiger partial charge >= 0.3 is 5.97 Å². The molecule has 0 unspecified atom stereocenters. The van der Waals surface area contributed by atoms with Crippen molar-refractivity contribution in [2.24, 2.45) is 0 Å². The Labute approximate surface area is 125 Å². The molecule has 0 fully saturated rings. The average Bonchev–Trinajstić information content (AvgIpc) is 2.88. The number of nitrogens with one attached hydrogen (secondary N) is 1. The largest absolute Gasteiger partial charge is 0.478 e. The lowest BCUT2D eigenvalue weighted by Crippen LogP contribution is -2.03. The normalized spacial score (nSPS) is 10.7. The third kappa shape index (κ3) is 2.85. The summed E-state index contributed by atoms with van der Waals surface area (Å²) in [5, 5.41) is 12.9. The maximum atomic E-state index is 11.1. The quantitative estimate of drug-likeness (QED) is 0.768. The summed E-state index contributed by atoms with van der Waals surface area (Å²) >= 11 is 1.51. The summed E-state index contributed by atoms with van der Waals surface area (Å²) in [7, 11) is 0. The van der Waals surface area contributed by atoms with Gasteiger partial charge in [0, 0.05) is 5.69 Å². The van der Waals surface area contributed by atoms with Gasteiger partial charge in [0.25, 0.3) is 0 Å². The second-order valence-electron chi connectivity index (χ2n) is 4.50. The topological polar surface area (TPSA) is 75.1 Å². The molecule has 21 heavy (non-hydrogen) atoms. The molecule has 0 atom stereocenters. The molecule has 2 N–H and O–H groups in total. The maximum Gasteiger partial charge on any atom is 0.335 e. The summed E-state index contributed by atoms with van der Waals surface area (Å²) in [5.74, 6) is -0.453. The van der Waals surface area contributed by atoms with E-state index in [-0.39, 0.29) is 5.56 Å². The highest BCUT2D eigenvalue weighted by Crippen LogP contribution is 2.27. The highest BCUT2D eigenvalue weighted by atomic mass is 32.1. The van der Waals surface area contributed by atoms with Crippen LogP contribution in [-0.2, 0) is 6.42 Å². The van der Waals surface area contributed by atoms with Crippen molar-refractivity contribution in [2.75, 3.05) is 5.32 Å². The Balaban J connectivity index is 1.96. The number of carboxylic acid groups (broad SMARTS) is 1. The molecule has 0 saturated carbocycles. The Kier molecular flexibility index (Phi) is 3.53. The Morgan fingerprint density at radius 3 is 2.81 bits per heavy atom. The van der Waals surface area contributed by atoms with Gasteiger partial charge in [0.05, 0.1) is 15.8 Å². The van der Waals surface area contributed by atoms with Gasteiger partial charge in [-0.25, -0.2) is 14.8 Å². The second-order valence-corrected chi connectivity index (χ2v) is 5.53. The maximum absolute atomic E-state index is 11.1. The smallest absolute Gasteiger partial charge is 0.335 e. The Hall–Kier alpha value is -2.47. The summed E-state index contributed by atoms with van der Waals surface area (Å²) < 4.78 is 1.07. The zero-order valence-corrected chi connectivity index (χ0v) is 12.1. The first-order valence-electron chi connectivity index (χ1n) is 6.52. The van der Waals surface area contributed by atoms with Crippen molar-refractivity contribution in [2.45, 2.75) is 13.3 Å². The molecule has 0 spiro atoms. The van der Waals surface area contributed by atoms with E-state index in [0.29, 0.717) is 17.4 Å². The van der Waals surface area contributed by atoms with E-state index in [1.165, 1.54) is 17.4 Å². The van der Waals surface area contributed by atoms with Crippen LogP contribution in [0.15, 0.2) is 36.4 Å². The van der Waals surface area contributed by atoms with Crippen molar-refractivity contribution in [3.8, 4) is 0 Å². The van der Waals surface area contributed by atoms with Crippen LogP contribution in [0.5, 0.6) is 0 Å². The molecule has 0 aliphatic carbocycles. The lowest BCUT2D eigenvalue weighted by molar-refractivity contribution is 0.0696. The van der Waals surface area contributed by atoms with Crippen LogP contribution in [0.25, 0.3) is 10.2 Å². The fourth-order valence-corrected chi connectivity index (χ4v) is 2.86. The van der Waals surface area contributed by atoms with E-state index >= 15 is 0 Å². The van der Waals surface area contributed by atoms with Crippen molar-refractivity contribution in [1.29, 1.82) is 0 Å². The molecule has 5 nitrogen and oxygen atoms in total. The number of pyridine rings is 1. The van der Waals surface area contributed by atoms with Crippen LogP contribution in [0, 0.1) is 0 Å². The molecular formula is C15H13N3O2S. The third-order valence-corrected chi connectivity index (χ3v) is 3.97. The SMILES string of the molecule is CCc1cc(C(=O)O)cc(Nc2nc3ccccc3s2)n1. The van der Waals surface area contributed by atoms with Crippen LogP contribution in [0.1, 0.15) is 23.0 Å². The van der Waals surface area contributed by atoms with Crippen LogP contribution in [-0.4, -0.2) is 21.0 Å². The van der Waals surface area contributed by atoms with Gasteiger partial charge in [-0.2, -0.15) is 0 Å². The zero-order valence-electron chi connectivity index (χ0n) is 11.3. The fourth-order valence-electron chi connectivity index (χ4n) is 1.99. The lowest BCUT2D eigenvalue weighted by Gasteiger charge is -2.05. The van der Waals surface area contributed by atoms with E-state index in [1.807, 2.05) is 31.2 Å². The zero-order chi connectivity index (χ0) is 14.8. The minimum absolute atomic E-state index is 0.227. The molecule has 0 bridgehead atoms. The van der Waals surface area contributed by atoms with E-state index in [9.17, 15) is 4.79 Å². The highest BCUT2D eigenvalue weighted by molar-refractivity contribution is 7.22. The van der Waals surface area contributed by atoms with Crippen LogP contribution < -0.4 is 5.32 Å². The molecule has 0 radical (unpaired) electrons. The van der Waals surface area contributed by atoms with E-state index in [4.69, 9.17) is 5.11 Å². The summed E-state index contributed by atoms with van der Waals surface area (Å²) in [5.41, 5.74) is 1.87. The van der Waals surface area contributed by atoms with Gasteiger partial charge in [-0.05, 0) is 30.7 Å². The van der Waals surface area contributed by atoms with Gasteiger partial charge in [-0.3, -0.25) is 0 Å². The first-order valence-corrected chi connectivity index (χ1v) is 7.34. The summed E-state index contributed by atoms with van der Waals surface area (Å²) in [6.45, 7) is 1.94. The van der Waals surface area contributed by atoms with Crippen molar-refractivity contribution in [1.82, 2.24) is 9.97 Å². The molecule has 0 aliphatic heterocycles. The molecule has 0 aliphatic rings.